The van der Waals surface area contributed by atoms with Crippen molar-refractivity contribution < 1.29 is 34.1 Å². The SMILES string of the molecule is COC(=O)[C@]1(C)[C@@H]2CC[C@]3(C)\C(=C(C)/C=C/C=C(C)/C=C/C(O)C(C)(C)O)C(=O)C[C@H]3[C@@]2(C)CC[C@H]1OC(C)=O. The molecule has 3 aliphatic carbocycles. The van der Waals surface area contributed by atoms with Crippen molar-refractivity contribution in [3.8, 4) is 0 Å². The summed E-state index contributed by atoms with van der Waals surface area (Å²) in [6.07, 6.45) is 10.8. The molecule has 7 atom stereocenters. The highest BCUT2D eigenvalue weighted by Crippen LogP contribution is 2.69. The van der Waals surface area contributed by atoms with Gasteiger partial charge in [0.05, 0.1) is 12.7 Å². The third-order valence-corrected chi connectivity index (χ3v) is 10.2. The van der Waals surface area contributed by atoms with E-state index in [2.05, 4.69) is 13.8 Å². The molecule has 40 heavy (non-hydrogen) atoms. The highest BCUT2D eigenvalue weighted by Gasteiger charge is 2.68. The standard InChI is InChI=1S/C33H48O7/c1-20(13-14-26(36)30(4,5)38)11-10-12-21(2)28-23(35)19-25-31(6)18-16-27(40-22(3)34)33(8,29(37)39-9)24(31)15-17-32(25,28)7/h10-14,24-27,36,38H,15-19H2,1-9H3/b12-10+,14-13+,20-11+,28-21-/t24-,25+,26?,27-,31+,32+,33-/m1/s1. The van der Waals surface area contributed by atoms with Crippen LogP contribution in [0, 0.1) is 28.1 Å². The van der Waals surface area contributed by atoms with Crippen molar-refractivity contribution in [2.75, 3.05) is 7.11 Å². The van der Waals surface area contributed by atoms with Crippen molar-refractivity contribution in [2.45, 2.75) is 105 Å². The molecule has 3 fully saturated rings. The van der Waals surface area contributed by atoms with Crippen molar-refractivity contribution in [1.82, 2.24) is 0 Å². The van der Waals surface area contributed by atoms with Crippen LogP contribution in [-0.4, -0.2) is 52.9 Å². The van der Waals surface area contributed by atoms with E-state index in [-0.39, 0.29) is 34.4 Å². The van der Waals surface area contributed by atoms with E-state index in [0.717, 1.165) is 36.0 Å². The fourth-order valence-electron chi connectivity index (χ4n) is 8.09. The van der Waals surface area contributed by atoms with Gasteiger partial charge in [-0.25, -0.2) is 0 Å². The van der Waals surface area contributed by atoms with Gasteiger partial charge in [0.25, 0.3) is 0 Å². The van der Waals surface area contributed by atoms with E-state index in [1.807, 2.05) is 39.0 Å². The van der Waals surface area contributed by atoms with Crippen LogP contribution in [0.15, 0.2) is 47.1 Å². The highest BCUT2D eigenvalue weighted by molar-refractivity contribution is 6.01. The molecular formula is C33H48O7. The Kier molecular flexibility index (Phi) is 9.12. The molecule has 0 heterocycles. The molecule has 0 aliphatic heterocycles. The summed E-state index contributed by atoms with van der Waals surface area (Å²) in [4.78, 5) is 38.8. The van der Waals surface area contributed by atoms with Gasteiger partial charge in [-0.15, -0.1) is 0 Å². The molecular weight excluding hydrogens is 508 g/mol. The predicted molar refractivity (Wildman–Crippen MR) is 154 cm³/mol. The van der Waals surface area contributed by atoms with E-state index in [4.69, 9.17) is 9.47 Å². The van der Waals surface area contributed by atoms with Gasteiger partial charge in [-0.3, -0.25) is 14.4 Å². The van der Waals surface area contributed by atoms with Crippen molar-refractivity contribution in [3.63, 3.8) is 0 Å². The summed E-state index contributed by atoms with van der Waals surface area (Å²) in [7, 11) is 1.38. The first-order valence-corrected chi connectivity index (χ1v) is 14.4. The van der Waals surface area contributed by atoms with E-state index < -0.39 is 29.2 Å². The fourth-order valence-corrected chi connectivity index (χ4v) is 8.09. The maximum atomic E-state index is 13.6. The van der Waals surface area contributed by atoms with Gasteiger partial charge < -0.3 is 19.7 Å². The normalized spacial score (nSPS) is 36.8. The molecule has 0 aromatic carbocycles. The number of Topliss-reactive ketones (excluding diaryl/α,β-unsaturated/α-hetero) is 1. The number of ether oxygens (including phenoxy) is 2. The smallest absolute Gasteiger partial charge is 0.315 e. The molecule has 3 saturated carbocycles. The fraction of sp³-hybridized carbons (Fsp3) is 0.667. The molecule has 2 N–H and O–H groups in total. The van der Waals surface area contributed by atoms with E-state index in [9.17, 15) is 24.6 Å². The first kappa shape index (κ1) is 32.0. The zero-order valence-corrected chi connectivity index (χ0v) is 25.7. The largest absolute Gasteiger partial charge is 0.468 e. The van der Waals surface area contributed by atoms with Gasteiger partial charge in [0.2, 0.25) is 0 Å². The third-order valence-electron chi connectivity index (χ3n) is 10.2. The molecule has 0 radical (unpaired) electrons. The second kappa shape index (κ2) is 11.4. The number of methoxy groups -OCH3 is 1. The van der Waals surface area contributed by atoms with Gasteiger partial charge in [0.1, 0.15) is 17.6 Å². The minimum Gasteiger partial charge on any atom is -0.468 e. The summed E-state index contributed by atoms with van der Waals surface area (Å²) >= 11 is 0. The van der Waals surface area contributed by atoms with Gasteiger partial charge >= 0.3 is 11.9 Å². The highest BCUT2D eigenvalue weighted by atomic mass is 16.6. The lowest BCUT2D eigenvalue weighted by Gasteiger charge is -2.61. The molecule has 0 spiro atoms. The van der Waals surface area contributed by atoms with Crippen LogP contribution >= 0.6 is 0 Å². The number of carbonyl (C=O) groups excluding carboxylic acids is 3. The lowest BCUT2D eigenvalue weighted by Crippen LogP contribution is -2.62. The molecule has 3 aliphatic rings. The number of carbonyl (C=O) groups is 3. The Morgan fingerprint density at radius 2 is 1.70 bits per heavy atom. The molecule has 0 aromatic rings. The molecule has 1 unspecified atom stereocenters. The Bertz CT molecular complexity index is 1150. The summed E-state index contributed by atoms with van der Waals surface area (Å²) < 4.78 is 11.0. The minimum absolute atomic E-state index is 0.0652. The molecule has 7 heteroatoms. The van der Waals surface area contributed by atoms with Crippen LogP contribution in [0.4, 0.5) is 0 Å². The Balaban J connectivity index is 1.93. The van der Waals surface area contributed by atoms with Crippen LogP contribution in [0.25, 0.3) is 0 Å². The quantitative estimate of drug-likeness (QED) is 0.245. The Hall–Kier alpha value is -2.51. The summed E-state index contributed by atoms with van der Waals surface area (Å²) in [6.45, 7) is 14.7. The molecule has 3 rings (SSSR count). The average molecular weight is 557 g/mol. The maximum Gasteiger partial charge on any atom is 0.315 e. The van der Waals surface area contributed by atoms with Gasteiger partial charge in [0, 0.05) is 24.3 Å². The average Bonchev–Trinajstić information content (AvgIpc) is 3.14. The minimum atomic E-state index is -1.22. The van der Waals surface area contributed by atoms with Crippen molar-refractivity contribution in [3.05, 3.63) is 47.1 Å². The number of aliphatic hydroxyl groups excluding tert-OH is 1. The number of aliphatic hydroxyl groups is 2. The molecule has 222 valence electrons. The lowest BCUT2D eigenvalue weighted by atomic mass is 9.42. The van der Waals surface area contributed by atoms with Crippen LogP contribution in [0.1, 0.15) is 87.5 Å². The van der Waals surface area contributed by atoms with Gasteiger partial charge in [-0.2, -0.15) is 0 Å². The first-order chi connectivity index (χ1) is 18.4. The van der Waals surface area contributed by atoms with Crippen molar-refractivity contribution >= 4 is 17.7 Å². The monoisotopic (exact) mass is 556 g/mol. The zero-order valence-electron chi connectivity index (χ0n) is 25.7. The number of esters is 2. The van der Waals surface area contributed by atoms with E-state index >= 15 is 0 Å². The Labute approximate surface area is 239 Å². The number of hydrogen-bond donors (Lipinski definition) is 2. The van der Waals surface area contributed by atoms with Crippen molar-refractivity contribution in [2.24, 2.45) is 28.1 Å². The zero-order chi connectivity index (χ0) is 30.3. The number of hydrogen-bond acceptors (Lipinski definition) is 7. The van der Waals surface area contributed by atoms with E-state index in [0.29, 0.717) is 12.8 Å². The topological polar surface area (TPSA) is 110 Å². The maximum absolute atomic E-state index is 13.6. The van der Waals surface area contributed by atoms with E-state index in [1.54, 1.807) is 26.0 Å². The van der Waals surface area contributed by atoms with Crippen LogP contribution in [0.3, 0.4) is 0 Å². The number of rotatable bonds is 7. The lowest BCUT2D eigenvalue weighted by molar-refractivity contribution is -0.206. The van der Waals surface area contributed by atoms with E-state index in [1.165, 1.54) is 14.0 Å². The first-order valence-electron chi connectivity index (χ1n) is 14.4. The number of allylic oxidation sites excluding steroid dienone is 7. The van der Waals surface area contributed by atoms with Gasteiger partial charge in [0.15, 0.2) is 5.78 Å². The van der Waals surface area contributed by atoms with Gasteiger partial charge in [-0.1, -0.05) is 49.8 Å². The summed E-state index contributed by atoms with van der Waals surface area (Å²) in [5, 5.41) is 19.9. The molecule has 0 aromatic heterocycles. The van der Waals surface area contributed by atoms with Crippen LogP contribution in [-0.2, 0) is 23.9 Å². The second-order valence-electron chi connectivity index (χ2n) is 13.4. The predicted octanol–water partition coefficient (Wildman–Crippen LogP) is 5.41. The second-order valence-corrected chi connectivity index (χ2v) is 13.4. The summed E-state index contributed by atoms with van der Waals surface area (Å²) in [6, 6.07) is 0. The van der Waals surface area contributed by atoms with Gasteiger partial charge in [-0.05, 0) is 83.1 Å². The van der Waals surface area contributed by atoms with Crippen LogP contribution in [0.5, 0.6) is 0 Å². The van der Waals surface area contributed by atoms with Crippen LogP contribution in [0.2, 0.25) is 0 Å². The summed E-state index contributed by atoms with van der Waals surface area (Å²) in [5.74, 6) is -0.615. The Morgan fingerprint density at radius 1 is 1.05 bits per heavy atom. The van der Waals surface area contributed by atoms with Crippen molar-refractivity contribution in [1.29, 1.82) is 0 Å². The molecule has 0 amide bonds. The van der Waals surface area contributed by atoms with Crippen LogP contribution < -0.4 is 0 Å². The third kappa shape index (κ3) is 5.64. The number of fused-ring (bicyclic) bond motifs is 3. The molecule has 7 nitrogen and oxygen atoms in total. The number of ketones is 1. The summed E-state index contributed by atoms with van der Waals surface area (Å²) in [5.41, 5.74) is -0.104. The Morgan fingerprint density at radius 3 is 2.27 bits per heavy atom. The molecule has 0 bridgehead atoms. The molecule has 0 saturated heterocycles.